The van der Waals surface area contributed by atoms with Crippen molar-refractivity contribution in [2.75, 3.05) is 12.3 Å². The number of hydrogen-bond acceptors (Lipinski definition) is 9. The summed E-state index contributed by atoms with van der Waals surface area (Å²) >= 11 is 0. The van der Waals surface area contributed by atoms with Gasteiger partial charge in [-0.2, -0.15) is 5.10 Å². The molecule has 2 aromatic rings. The molecule has 0 radical (unpaired) electrons. The molecule has 4 rings (SSSR count). The highest BCUT2D eigenvalue weighted by atomic mass is 16.7. The number of fused-ring (bicyclic) bond motifs is 2. The molecule has 1 saturated carbocycles. The number of nitrogen functional groups attached to an aromatic ring is 1. The minimum Gasteiger partial charge on any atom is -0.430 e. The van der Waals surface area contributed by atoms with Gasteiger partial charge in [0.1, 0.15) is 36.3 Å². The molecule has 0 spiro atoms. The van der Waals surface area contributed by atoms with Crippen LogP contribution in [0.2, 0.25) is 0 Å². The number of nitrogens with zero attached hydrogens (tertiary/aromatic N) is 3. The van der Waals surface area contributed by atoms with Gasteiger partial charge in [-0.05, 0) is 19.1 Å². The maximum Gasteiger partial charge on any atom is 0.509 e. The van der Waals surface area contributed by atoms with E-state index in [-0.39, 0.29) is 12.4 Å². The molecule has 2 aromatic heterocycles. The van der Waals surface area contributed by atoms with E-state index in [0.29, 0.717) is 11.2 Å². The van der Waals surface area contributed by atoms with Crippen molar-refractivity contribution in [3.63, 3.8) is 0 Å². The Hall–Kier alpha value is -2.69. The first kappa shape index (κ1) is 16.8. The van der Waals surface area contributed by atoms with Gasteiger partial charge in [-0.15, -0.1) is 0 Å². The molecule has 3 heterocycles. The van der Waals surface area contributed by atoms with Crippen molar-refractivity contribution >= 4 is 17.5 Å². The van der Waals surface area contributed by atoms with Gasteiger partial charge in [0.05, 0.1) is 5.69 Å². The molecule has 10 nitrogen and oxygen atoms in total. The molecule has 1 saturated heterocycles. The lowest BCUT2D eigenvalue weighted by atomic mass is 9.91. The average Bonchev–Trinajstić information content (AvgIpc) is 2.93. The summed E-state index contributed by atoms with van der Waals surface area (Å²) in [6.45, 7) is 5.02. The minimum atomic E-state index is -1.73. The Morgan fingerprint density at radius 2 is 2.35 bits per heavy atom. The van der Waals surface area contributed by atoms with Gasteiger partial charge in [0.15, 0.2) is 17.5 Å². The number of hydrogen-bond donors (Lipinski definition) is 3. The summed E-state index contributed by atoms with van der Waals surface area (Å²) in [5.74, 6) is 0.275. The van der Waals surface area contributed by atoms with Crippen molar-refractivity contribution < 1.29 is 29.2 Å². The maximum atomic E-state index is 11.6. The van der Waals surface area contributed by atoms with Crippen molar-refractivity contribution in [1.29, 1.82) is 0 Å². The third kappa shape index (κ3) is 2.06. The second kappa shape index (κ2) is 5.40. The normalized spacial score (nSPS) is 35.1. The first-order chi connectivity index (χ1) is 12.3. The number of carbonyl (C=O) groups excluding carboxylic acids is 1. The van der Waals surface area contributed by atoms with Crippen LogP contribution in [0, 0.1) is 0 Å². The summed E-state index contributed by atoms with van der Waals surface area (Å²) in [5.41, 5.74) is 3.85. The SMILES string of the molecule is C=CCOC(=O)OC1[C@H]2O[C@@](C)(c3ccc4c(N)ncnn34)[C@H](O)[C@@]12O. The molecule has 1 unspecified atom stereocenters. The topological polar surface area (TPSA) is 141 Å². The maximum absolute atomic E-state index is 11.6. The van der Waals surface area contributed by atoms with Gasteiger partial charge in [-0.3, -0.25) is 0 Å². The van der Waals surface area contributed by atoms with Crippen LogP contribution >= 0.6 is 0 Å². The standard InChI is InChI=1S/C16H18N4O6/c1-3-6-24-14(22)25-10-11-16(10,23)13(21)15(2,26-11)9-5-4-8-12(17)18-7-19-20(8)9/h3-5,7,10-11,13,21,23H,1,6H2,2H3,(H2,17,18,19)/t10?,11-,13+,15+,16-/m1/s1. The van der Waals surface area contributed by atoms with E-state index in [1.54, 1.807) is 19.1 Å². The molecule has 1 aliphatic heterocycles. The van der Waals surface area contributed by atoms with E-state index in [9.17, 15) is 15.0 Å². The van der Waals surface area contributed by atoms with Gasteiger partial charge < -0.3 is 30.2 Å². The van der Waals surface area contributed by atoms with E-state index in [4.69, 9.17) is 19.9 Å². The number of rotatable bonds is 4. The summed E-state index contributed by atoms with van der Waals surface area (Å²) in [4.78, 5) is 15.5. The van der Waals surface area contributed by atoms with Crippen LogP contribution < -0.4 is 5.73 Å². The zero-order valence-electron chi connectivity index (χ0n) is 13.9. The number of carbonyl (C=O) groups is 1. The van der Waals surface area contributed by atoms with E-state index >= 15 is 0 Å². The summed E-state index contributed by atoms with van der Waals surface area (Å²) in [7, 11) is 0. The molecule has 10 heteroatoms. The summed E-state index contributed by atoms with van der Waals surface area (Å²) < 4.78 is 17.1. The van der Waals surface area contributed by atoms with Crippen molar-refractivity contribution in [3.05, 3.63) is 36.8 Å². The van der Waals surface area contributed by atoms with E-state index in [1.807, 2.05) is 0 Å². The van der Waals surface area contributed by atoms with Gasteiger partial charge in [0.25, 0.3) is 0 Å². The number of aliphatic hydroxyl groups excluding tert-OH is 1. The Bertz CT molecular complexity index is 900. The average molecular weight is 362 g/mol. The molecule has 5 atom stereocenters. The molecular weight excluding hydrogens is 344 g/mol. The zero-order valence-corrected chi connectivity index (χ0v) is 13.9. The number of aliphatic hydroxyl groups is 2. The van der Waals surface area contributed by atoms with Gasteiger partial charge in [-0.1, -0.05) is 12.7 Å². The van der Waals surface area contributed by atoms with Crippen LogP contribution in [0.5, 0.6) is 0 Å². The van der Waals surface area contributed by atoms with E-state index in [2.05, 4.69) is 16.7 Å². The predicted octanol–water partition coefficient (Wildman–Crippen LogP) is -0.261. The second-order valence-electron chi connectivity index (χ2n) is 6.48. The monoisotopic (exact) mass is 362 g/mol. The lowest BCUT2D eigenvalue weighted by Gasteiger charge is -2.32. The Labute approximate surface area is 147 Å². The molecule has 1 aliphatic carbocycles. The van der Waals surface area contributed by atoms with Crippen LogP contribution in [-0.2, 0) is 19.8 Å². The van der Waals surface area contributed by atoms with Gasteiger partial charge in [0, 0.05) is 0 Å². The third-order valence-corrected chi connectivity index (χ3v) is 4.94. The van der Waals surface area contributed by atoms with Gasteiger partial charge in [-0.25, -0.2) is 14.3 Å². The Morgan fingerprint density at radius 1 is 1.58 bits per heavy atom. The van der Waals surface area contributed by atoms with Crippen molar-refractivity contribution in [3.8, 4) is 0 Å². The van der Waals surface area contributed by atoms with Crippen molar-refractivity contribution in [1.82, 2.24) is 14.6 Å². The first-order valence-electron chi connectivity index (χ1n) is 7.95. The fourth-order valence-corrected chi connectivity index (χ4v) is 3.52. The molecule has 0 aromatic carbocycles. The summed E-state index contributed by atoms with van der Waals surface area (Å²) in [6, 6.07) is 3.38. The number of anilines is 1. The summed E-state index contributed by atoms with van der Waals surface area (Å²) in [5, 5.41) is 25.6. The van der Waals surface area contributed by atoms with Crippen LogP contribution in [0.25, 0.3) is 5.52 Å². The fourth-order valence-electron chi connectivity index (χ4n) is 3.52. The van der Waals surface area contributed by atoms with Crippen LogP contribution in [0.1, 0.15) is 12.6 Å². The molecule has 0 amide bonds. The first-order valence-corrected chi connectivity index (χ1v) is 7.95. The number of aromatic nitrogens is 3. The lowest BCUT2D eigenvalue weighted by molar-refractivity contribution is -0.132. The van der Waals surface area contributed by atoms with E-state index in [1.165, 1.54) is 16.9 Å². The third-order valence-electron chi connectivity index (χ3n) is 4.94. The van der Waals surface area contributed by atoms with Crippen LogP contribution in [0.3, 0.4) is 0 Å². The quantitative estimate of drug-likeness (QED) is 0.495. The van der Waals surface area contributed by atoms with E-state index in [0.717, 1.165) is 0 Å². The fraction of sp³-hybridized carbons (Fsp3) is 0.438. The molecule has 0 bridgehead atoms. The predicted molar refractivity (Wildman–Crippen MR) is 87.0 cm³/mol. The minimum absolute atomic E-state index is 0.0208. The molecule has 2 aliphatic rings. The van der Waals surface area contributed by atoms with Gasteiger partial charge in [0.2, 0.25) is 0 Å². The number of nitrogens with two attached hydrogens (primary N) is 1. The van der Waals surface area contributed by atoms with Crippen LogP contribution in [-0.4, -0.2) is 61.5 Å². The molecule has 4 N–H and O–H groups in total. The Balaban J connectivity index is 1.59. The van der Waals surface area contributed by atoms with Gasteiger partial charge >= 0.3 is 6.16 Å². The largest absolute Gasteiger partial charge is 0.509 e. The Kier molecular flexibility index (Phi) is 3.48. The van der Waals surface area contributed by atoms with Crippen molar-refractivity contribution in [2.45, 2.75) is 36.4 Å². The highest BCUT2D eigenvalue weighted by Crippen LogP contribution is 2.59. The van der Waals surface area contributed by atoms with Crippen molar-refractivity contribution in [2.24, 2.45) is 0 Å². The lowest BCUT2D eigenvalue weighted by Crippen LogP contribution is -2.46. The van der Waals surface area contributed by atoms with E-state index < -0.39 is 35.7 Å². The Morgan fingerprint density at radius 3 is 3.00 bits per heavy atom. The molecule has 26 heavy (non-hydrogen) atoms. The van der Waals surface area contributed by atoms with Crippen LogP contribution in [0.15, 0.2) is 31.1 Å². The molecule has 2 fully saturated rings. The smallest absolute Gasteiger partial charge is 0.430 e. The highest BCUT2D eigenvalue weighted by molar-refractivity contribution is 5.66. The number of ether oxygens (including phenoxy) is 3. The molecular formula is C16H18N4O6. The zero-order chi connectivity index (χ0) is 18.7. The second-order valence-corrected chi connectivity index (χ2v) is 6.48. The molecule has 138 valence electrons. The highest BCUT2D eigenvalue weighted by Gasteiger charge is 2.82. The van der Waals surface area contributed by atoms with Crippen LogP contribution in [0.4, 0.5) is 10.6 Å². The summed E-state index contributed by atoms with van der Waals surface area (Å²) in [6.07, 6.45) is -1.57.